The minimum absolute atomic E-state index is 0.288. The van der Waals surface area contributed by atoms with E-state index in [-0.39, 0.29) is 5.91 Å². The summed E-state index contributed by atoms with van der Waals surface area (Å²) in [5.41, 5.74) is 4.31. The Labute approximate surface area is 165 Å². The maximum Gasteiger partial charge on any atom is 0.258 e. The Balaban J connectivity index is 1.74. The lowest BCUT2D eigenvalue weighted by Crippen LogP contribution is -2.14. The fourth-order valence-corrected chi connectivity index (χ4v) is 2.87. The second kappa shape index (κ2) is 8.99. The summed E-state index contributed by atoms with van der Waals surface area (Å²) in [6, 6.07) is 13.5. The summed E-state index contributed by atoms with van der Waals surface area (Å²) in [5, 5.41) is 6.10. The lowest BCUT2D eigenvalue weighted by Gasteiger charge is -2.13. The minimum Gasteiger partial charge on any atom is -0.492 e. The molecule has 3 aromatic rings. The van der Waals surface area contributed by atoms with Crippen LogP contribution in [0.3, 0.4) is 0 Å². The highest BCUT2D eigenvalue weighted by molar-refractivity contribution is 6.04. The molecule has 0 spiro atoms. The van der Waals surface area contributed by atoms with Crippen LogP contribution in [-0.4, -0.2) is 22.5 Å². The first-order valence-electron chi connectivity index (χ1n) is 9.33. The van der Waals surface area contributed by atoms with Gasteiger partial charge in [-0.05, 0) is 43.5 Å². The monoisotopic (exact) mass is 376 g/mol. The van der Waals surface area contributed by atoms with Crippen LogP contribution in [0.25, 0.3) is 0 Å². The third-order valence-corrected chi connectivity index (χ3v) is 4.33. The zero-order valence-electron chi connectivity index (χ0n) is 16.3. The predicted molar refractivity (Wildman–Crippen MR) is 111 cm³/mol. The summed E-state index contributed by atoms with van der Waals surface area (Å²) in [6.45, 7) is 6.57. The van der Waals surface area contributed by atoms with Crippen molar-refractivity contribution in [2.75, 3.05) is 17.2 Å². The van der Waals surface area contributed by atoms with Crippen LogP contribution >= 0.6 is 0 Å². The molecule has 6 heteroatoms. The van der Waals surface area contributed by atoms with E-state index in [1.807, 2.05) is 44.2 Å². The normalized spacial score (nSPS) is 10.4. The topological polar surface area (TPSA) is 76.1 Å². The van der Waals surface area contributed by atoms with E-state index in [0.717, 1.165) is 17.7 Å². The maximum absolute atomic E-state index is 12.5. The smallest absolute Gasteiger partial charge is 0.258 e. The van der Waals surface area contributed by atoms with Crippen LogP contribution in [0.5, 0.6) is 5.75 Å². The Morgan fingerprint density at radius 1 is 1.04 bits per heavy atom. The van der Waals surface area contributed by atoms with Gasteiger partial charge in [-0.1, -0.05) is 37.3 Å². The average molecular weight is 376 g/mol. The van der Waals surface area contributed by atoms with Crippen molar-refractivity contribution in [2.24, 2.45) is 0 Å². The molecule has 28 heavy (non-hydrogen) atoms. The molecule has 0 bridgehead atoms. The van der Waals surface area contributed by atoms with Crippen molar-refractivity contribution in [1.29, 1.82) is 0 Å². The minimum atomic E-state index is -0.288. The molecule has 144 valence electrons. The number of carbonyl (C=O) groups excluding carboxylic acids is 1. The molecule has 0 fully saturated rings. The van der Waals surface area contributed by atoms with Gasteiger partial charge in [-0.15, -0.1) is 0 Å². The van der Waals surface area contributed by atoms with Gasteiger partial charge in [0.2, 0.25) is 5.95 Å². The highest BCUT2D eigenvalue weighted by Crippen LogP contribution is 2.25. The zero-order valence-corrected chi connectivity index (χ0v) is 16.3. The summed E-state index contributed by atoms with van der Waals surface area (Å²) in [4.78, 5) is 21.1. The number of aryl methyl sites for hydroxylation is 2. The number of hydrogen-bond donors (Lipinski definition) is 2. The fourth-order valence-electron chi connectivity index (χ4n) is 2.87. The standard InChI is InChI=1S/C22H24N4O2/c1-4-16-10-8-9-15(3)20(16)26-22-23-13-17(14-24-22)21(27)25-18-11-6-7-12-19(18)28-5-2/h6-14H,4-5H2,1-3H3,(H,25,27)(H,23,24,26). The Morgan fingerprint density at radius 3 is 2.50 bits per heavy atom. The highest BCUT2D eigenvalue weighted by Gasteiger charge is 2.12. The lowest BCUT2D eigenvalue weighted by atomic mass is 10.1. The van der Waals surface area contributed by atoms with Gasteiger partial charge < -0.3 is 15.4 Å². The molecule has 0 aliphatic carbocycles. The quantitative estimate of drug-likeness (QED) is 0.623. The summed E-state index contributed by atoms with van der Waals surface area (Å²) in [5.74, 6) is 0.795. The molecule has 0 saturated carbocycles. The SMILES string of the molecule is CCOc1ccccc1NC(=O)c1cnc(Nc2c(C)cccc2CC)nc1. The first-order chi connectivity index (χ1) is 13.6. The van der Waals surface area contributed by atoms with Gasteiger partial charge in [0.05, 0.1) is 17.9 Å². The molecule has 0 unspecified atom stereocenters. The van der Waals surface area contributed by atoms with E-state index in [1.165, 1.54) is 18.0 Å². The number of aromatic nitrogens is 2. The first kappa shape index (κ1) is 19.4. The number of rotatable bonds is 7. The summed E-state index contributed by atoms with van der Waals surface area (Å²) < 4.78 is 5.54. The van der Waals surface area contributed by atoms with Crippen LogP contribution in [0.2, 0.25) is 0 Å². The number of nitrogens with one attached hydrogen (secondary N) is 2. The van der Waals surface area contributed by atoms with Gasteiger partial charge in [0.15, 0.2) is 0 Å². The van der Waals surface area contributed by atoms with Gasteiger partial charge in [0.1, 0.15) is 5.75 Å². The number of hydrogen-bond acceptors (Lipinski definition) is 5. The number of carbonyl (C=O) groups is 1. The zero-order chi connectivity index (χ0) is 19.9. The third kappa shape index (κ3) is 4.46. The lowest BCUT2D eigenvalue weighted by molar-refractivity contribution is 0.102. The van der Waals surface area contributed by atoms with E-state index in [4.69, 9.17) is 4.74 Å². The Kier molecular flexibility index (Phi) is 6.22. The van der Waals surface area contributed by atoms with E-state index in [0.29, 0.717) is 29.6 Å². The van der Waals surface area contributed by atoms with Gasteiger partial charge in [0.25, 0.3) is 5.91 Å². The molecule has 0 aliphatic heterocycles. The number of amides is 1. The van der Waals surface area contributed by atoms with Crippen LogP contribution in [0, 0.1) is 6.92 Å². The molecule has 0 aliphatic rings. The molecule has 1 aromatic heterocycles. The molecule has 0 radical (unpaired) electrons. The number of anilines is 3. The number of ether oxygens (including phenoxy) is 1. The number of nitrogens with zero attached hydrogens (tertiary/aromatic N) is 2. The molecule has 0 saturated heterocycles. The third-order valence-electron chi connectivity index (χ3n) is 4.33. The molecular weight excluding hydrogens is 352 g/mol. The maximum atomic E-state index is 12.5. The Bertz CT molecular complexity index is 955. The number of benzene rings is 2. The van der Waals surface area contributed by atoms with Gasteiger partial charge in [-0.2, -0.15) is 0 Å². The molecular formula is C22H24N4O2. The molecule has 6 nitrogen and oxygen atoms in total. The van der Waals surface area contributed by atoms with Gasteiger partial charge in [-0.3, -0.25) is 4.79 Å². The van der Waals surface area contributed by atoms with Crippen molar-refractivity contribution in [3.63, 3.8) is 0 Å². The van der Waals surface area contributed by atoms with E-state index in [1.54, 1.807) is 6.07 Å². The summed E-state index contributed by atoms with van der Waals surface area (Å²) >= 11 is 0. The first-order valence-corrected chi connectivity index (χ1v) is 9.33. The van der Waals surface area contributed by atoms with Gasteiger partial charge >= 0.3 is 0 Å². The van der Waals surface area contributed by atoms with E-state index in [2.05, 4.69) is 33.6 Å². The van der Waals surface area contributed by atoms with E-state index < -0.39 is 0 Å². The average Bonchev–Trinajstić information content (AvgIpc) is 2.71. The Hall–Kier alpha value is -3.41. The molecule has 1 amide bonds. The van der Waals surface area contributed by atoms with Crippen molar-refractivity contribution in [3.05, 3.63) is 71.5 Å². The largest absolute Gasteiger partial charge is 0.492 e. The van der Waals surface area contributed by atoms with Crippen LogP contribution in [-0.2, 0) is 6.42 Å². The van der Waals surface area contributed by atoms with E-state index in [9.17, 15) is 4.79 Å². The van der Waals surface area contributed by atoms with Crippen LogP contribution in [0.15, 0.2) is 54.9 Å². The van der Waals surface area contributed by atoms with Gasteiger partial charge in [0, 0.05) is 18.1 Å². The van der Waals surface area contributed by atoms with Crippen molar-refractivity contribution in [2.45, 2.75) is 27.2 Å². The van der Waals surface area contributed by atoms with Crippen molar-refractivity contribution in [3.8, 4) is 5.75 Å². The molecule has 2 N–H and O–H groups in total. The van der Waals surface area contributed by atoms with Crippen molar-refractivity contribution < 1.29 is 9.53 Å². The second-order valence-corrected chi connectivity index (χ2v) is 6.27. The molecule has 0 atom stereocenters. The Morgan fingerprint density at radius 2 is 1.79 bits per heavy atom. The predicted octanol–water partition coefficient (Wildman–Crippen LogP) is 4.74. The van der Waals surface area contributed by atoms with Crippen LogP contribution in [0.1, 0.15) is 35.3 Å². The van der Waals surface area contributed by atoms with Crippen molar-refractivity contribution in [1.82, 2.24) is 9.97 Å². The van der Waals surface area contributed by atoms with E-state index >= 15 is 0 Å². The summed E-state index contributed by atoms with van der Waals surface area (Å²) in [6.07, 6.45) is 3.93. The molecule has 2 aromatic carbocycles. The molecule has 1 heterocycles. The second-order valence-electron chi connectivity index (χ2n) is 6.27. The number of para-hydroxylation sites is 3. The van der Waals surface area contributed by atoms with Crippen LogP contribution in [0.4, 0.5) is 17.3 Å². The van der Waals surface area contributed by atoms with Crippen LogP contribution < -0.4 is 15.4 Å². The fraction of sp³-hybridized carbons (Fsp3) is 0.227. The highest BCUT2D eigenvalue weighted by atomic mass is 16.5. The summed E-state index contributed by atoms with van der Waals surface area (Å²) in [7, 11) is 0. The molecule has 3 rings (SSSR count). The van der Waals surface area contributed by atoms with Crippen molar-refractivity contribution >= 4 is 23.2 Å². The van der Waals surface area contributed by atoms with Gasteiger partial charge in [-0.25, -0.2) is 9.97 Å².